The van der Waals surface area contributed by atoms with Crippen molar-refractivity contribution in [3.8, 4) is 5.75 Å². The Hall–Kier alpha value is -1.02. The molecule has 0 saturated heterocycles. The minimum absolute atomic E-state index is 0.628. The van der Waals surface area contributed by atoms with Crippen molar-refractivity contribution in [2.24, 2.45) is 0 Å². The van der Waals surface area contributed by atoms with E-state index < -0.39 is 0 Å². The molecule has 0 unspecified atom stereocenters. The Labute approximate surface area is 73.8 Å². The molecule has 0 aromatic heterocycles. The molecule has 12 heavy (non-hydrogen) atoms. The molecule has 0 aliphatic carbocycles. The summed E-state index contributed by atoms with van der Waals surface area (Å²) < 4.78 is 5.47. The summed E-state index contributed by atoms with van der Waals surface area (Å²) >= 11 is 0. The maximum Gasteiger partial charge on any atom is 0.141 e. The monoisotopic (exact) mass is 165 g/mol. The van der Waals surface area contributed by atoms with E-state index in [9.17, 15) is 0 Å². The van der Waals surface area contributed by atoms with Gasteiger partial charge in [0.25, 0.3) is 0 Å². The van der Waals surface area contributed by atoms with E-state index in [1.54, 1.807) is 0 Å². The van der Waals surface area contributed by atoms with Crippen LogP contribution in [0.5, 0.6) is 5.75 Å². The molecule has 0 spiro atoms. The summed E-state index contributed by atoms with van der Waals surface area (Å²) in [6, 6.07) is 8.06. The Morgan fingerprint density at radius 2 is 2.08 bits per heavy atom. The lowest BCUT2D eigenvalue weighted by molar-refractivity contribution is 0.179. The molecule has 66 valence electrons. The fourth-order valence-electron chi connectivity index (χ4n) is 0.909. The summed E-state index contributed by atoms with van der Waals surface area (Å²) in [4.78, 5) is 1.99. The van der Waals surface area contributed by atoms with Crippen LogP contribution >= 0.6 is 0 Å². The number of rotatable bonds is 3. The van der Waals surface area contributed by atoms with Crippen molar-refractivity contribution in [3.63, 3.8) is 0 Å². The molecule has 0 radical (unpaired) electrons. The highest BCUT2D eigenvalue weighted by atomic mass is 16.5. The normalized spacial score (nSPS) is 10.3. The lowest BCUT2D eigenvalue weighted by Crippen LogP contribution is -2.18. The number of aryl methyl sites for hydroxylation is 1. The van der Waals surface area contributed by atoms with E-state index in [0.29, 0.717) is 6.73 Å². The van der Waals surface area contributed by atoms with Gasteiger partial charge in [-0.25, -0.2) is 0 Å². The van der Waals surface area contributed by atoms with Crippen LogP contribution in [0.1, 0.15) is 5.56 Å². The zero-order valence-electron chi connectivity index (χ0n) is 7.87. The van der Waals surface area contributed by atoms with Gasteiger partial charge in [-0.15, -0.1) is 0 Å². The highest BCUT2D eigenvalue weighted by Gasteiger charge is 1.93. The summed E-state index contributed by atoms with van der Waals surface area (Å²) in [6.45, 7) is 2.69. The van der Waals surface area contributed by atoms with E-state index in [1.165, 1.54) is 5.56 Å². The topological polar surface area (TPSA) is 12.5 Å². The van der Waals surface area contributed by atoms with Gasteiger partial charge in [0.1, 0.15) is 12.5 Å². The molecule has 2 heteroatoms. The number of nitrogens with zero attached hydrogens (tertiary/aromatic N) is 1. The van der Waals surface area contributed by atoms with Crippen molar-refractivity contribution in [1.29, 1.82) is 0 Å². The van der Waals surface area contributed by atoms with Gasteiger partial charge in [0, 0.05) is 0 Å². The smallest absolute Gasteiger partial charge is 0.141 e. The molecule has 0 aliphatic rings. The molecule has 1 rings (SSSR count). The van der Waals surface area contributed by atoms with Crippen LogP contribution in [0.15, 0.2) is 24.3 Å². The van der Waals surface area contributed by atoms with Crippen LogP contribution in [0, 0.1) is 6.92 Å². The molecule has 0 amide bonds. The lowest BCUT2D eigenvalue weighted by Gasteiger charge is -2.11. The average molecular weight is 165 g/mol. The highest BCUT2D eigenvalue weighted by molar-refractivity contribution is 5.27. The van der Waals surface area contributed by atoms with Crippen LogP contribution in [-0.2, 0) is 0 Å². The van der Waals surface area contributed by atoms with E-state index in [4.69, 9.17) is 4.74 Å². The molecule has 1 aromatic carbocycles. The van der Waals surface area contributed by atoms with Gasteiger partial charge in [0.2, 0.25) is 0 Å². The predicted octanol–water partition coefficient (Wildman–Crippen LogP) is 1.89. The van der Waals surface area contributed by atoms with E-state index in [2.05, 4.69) is 13.0 Å². The first-order valence-electron chi connectivity index (χ1n) is 4.02. The van der Waals surface area contributed by atoms with E-state index in [0.717, 1.165) is 5.75 Å². The molecule has 2 nitrogen and oxygen atoms in total. The molecule has 0 bridgehead atoms. The molecule has 0 heterocycles. The molecular formula is C10H15NO. The Morgan fingerprint density at radius 1 is 1.33 bits per heavy atom. The quantitative estimate of drug-likeness (QED) is 0.634. The summed E-state index contributed by atoms with van der Waals surface area (Å²) in [5.41, 5.74) is 1.23. The first kappa shape index (κ1) is 9.07. The van der Waals surface area contributed by atoms with Gasteiger partial charge in [0.15, 0.2) is 0 Å². The van der Waals surface area contributed by atoms with Crippen LogP contribution in [0.2, 0.25) is 0 Å². The van der Waals surface area contributed by atoms with Crippen molar-refractivity contribution in [2.45, 2.75) is 6.92 Å². The molecular weight excluding hydrogens is 150 g/mol. The first-order chi connectivity index (χ1) is 5.68. The summed E-state index contributed by atoms with van der Waals surface area (Å²) in [7, 11) is 3.96. The fourth-order valence-corrected chi connectivity index (χ4v) is 0.909. The fraction of sp³-hybridized carbons (Fsp3) is 0.400. The molecule has 0 aliphatic heterocycles. The molecule has 0 saturated carbocycles. The van der Waals surface area contributed by atoms with Crippen LogP contribution in [0.3, 0.4) is 0 Å². The van der Waals surface area contributed by atoms with Crippen molar-refractivity contribution in [3.05, 3.63) is 29.8 Å². The largest absolute Gasteiger partial charge is 0.478 e. The van der Waals surface area contributed by atoms with Gasteiger partial charge in [-0.05, 0) is 38.7 Å². The van der Waals surface area contributed by atoms with E-state index in [1.807, 2.05) is 37.2 Å². The Morgan fingerprint density at radius 3 is 2.67 bits per heavy atom. The highest BCUT2D eigenvalue weighted by Crippen LogP contribution is 2.11. The number of ether oxygens (including phenoxy) is 1. The third-order valence-electron chi connectivity index (χ3n) is 1.48. The number of benzene rings is 1. The second-order valence-corrected chi connectivity index (χ2v) is 3.17. The SMILES string of the molecule is Cc1cccc(OCN(C)C)c1. The van der Waals surface area contributed by atoms with Crippen LogP contribution in [0.4, 0.5) is 0 Å². The number of hydrogen-bond acceptors (Lipinski definition) is 2. The van der Waals surface area contributed by atoms with Gasteiger partial charge >= 0.3 is 0 Å². The minimum atomic E-state index is 0.628. The molecule has 0 N–H and O–H groups in total. The van der Waals surface area contributed by atoms with Gasteiger partial charge in [-0.2, -0.15) is 0 Å². The zero-order chi connectivity index (χ0) is 8.97. The summed E-state index contributed by atoms with van der Waals surface area (Å²) in [6.07, 6.45) is 0. The second-order valence-electron chi connectivity index (χ2n) is 3.17. The van der Waals surface area contributed by atoms with E-state index in [-0.39, 0.29) is 0 Å². The standard InChI is InChI=1S/C10H15NO/c1-9-5-4-6-10(7-9)12-8-11(2)3/h4-7H,8H2,1-3H3. The molecule has 0 fully saturated rings. The Bertz CT molecular complexity index is 245. The number of hydrogen-bond donors (Lipinski definition) is 0. The van der Waals surface area contributed by atoms with Gasteiger partial charge in [0.05, 0.1) is 0 Å². The lowest BCUT2D eigenvalue weighted by atomic mass is 10.2. The summed E-state index contributed by atoms with van der Waals surface area (Å²) in [5, 5.41) is 0. The average Bonchev–Trinajstić information content (AvgIpc) is 2.01. The molecule has 1 aromatic rings. The van der Waals surface area contributed by atoms with Gasteiger partial charge in [-0.3, -0.25) is 4.90 Å². The van der Waals surface area contributed by atoms with Crippen LogP contribution < -0.4 is 4.74 Å². The van der Waals surface area contributed by atoms with Crippen molar-refractivity contribution in [1.82, 2.24) is 4.90 Å². The molecule has 0 atom stereocenters. The van der Waals surface area contributed by atoms with Crippen LogP contribution in [0.25, 0.3) is 0 Å². The van der Waals surface area contributed by atoms with E-state index >= 15 is 0 Å². The Balaban J connectivity index is 2.52. The first-order valence-corrected chi connectivity index (χ1v) is 4.02. The van der Waals surface area contributed by atoms with Crippen molar-refractivity contribution in [2.75, 3.05) is 20.8 Å². The third kappa shape index (κ3) is 2.93. The van der Waals surface area contributed by atoms with Gasteiger partial charge in [-0.1, -0.05) is 12.1 Å². The minimum Gasteiger partial charge on any atom is -0.478 e. The second kappa shape index (κ2) is 4.12. The summed E-state index contributed by atoms with van der Waals surface area (Å²) in [5.74, 6) is 0.934. The van der Waals surface area contributed by atoms with Crippen LogP contribution in [-0.4, -0.2) is 25.7 Å². The van der Waals surface area contributed by atoms with Crippen molar-refractivity contribution >= 4 is 0 Å². The maximum atomic E-state index is 5.47. The third-order valence-corrected chi connectivity index (χ3v) is 1.48. The zero-order valence-corrected chi connectivity index (χ0v) is 7.87. The maximum absolute atomic E-state index is 5.47. The Kier molecular flexibility index (Phi) is 3.11. The predicted molar refractivity (Wildman–Crippen MR) is 50.4 cm³/mol. The van der Waals surface area contributed by atoms with Crippen molar-refractivity contribution < 1.29 is 4.74 Å². The van der Waals surface area contributed by atoms with Gasteiger partial charge < -0.3 is 4.74 Å².